The van der Waals surface area contributed by atoms with E-state index in [9.17, 15) is 13.6 Å². The molecular formula is C24H26F2N4O2. The minimum atomic E-state index is -0.628. The first-order valence-corrected chi connectivity index (χ1v) is 10.8. The zero-order valence-corrected chi connectivity index (χ0v) is 18.0. The zero-order chi connectivity index (χ0) is 22.5. The molecule has 1 aromatic heterocycles. The Kier molecular flexibility index (Phi) is 6.68. The Labute approximate surface area is 185 Å². The molecule has 6 nitrogen and oxygen atoms in total. The SMILES string of the molecule is CCCCN1CCNc2c(-c3ncco3)cc(C(=O)NCCc3cc(F)cc(F)c3)cc21. The number of rotatable bonds is 8. The number of carbonyl (C=O) groups is 1. The summed E-state index contributed by atoms with van der Waals surface area (Å²) in [5.41, 5.74) is 3.54. The van der Waals surface area contributed by atoms with Gasteiger partial charge in [0.15, 0.2) is 0 Å². The molecule has 1 amide bonds. The number of oxazole rings is 1. The Balaban J connectivity index is 1.57. The lowest BCUT2D eigenvalue weighted by Gasteiger charge is -2.33. The summed E-state index contributed by atoms with van der Waals surface area (Å²) in [6.45, 7) is 4.93. The second kappa shape index (κ2) is 9.80. The van der Waals surface area contributed by atoms with Gasteiger partial charge in [0.1, 0.15) is 17.9 Å². The first-order chi connectivity index (χ1) is 15.5. The van der Waals surface area contributed by atoms with Gasteiger partial charge < -0.3 is 20.0 Å². The van der Waals surface area contributed by atoms with Crippen molar-refractivity contribution in [1.82, 2.24) is 10.3 Å². The molecule has 0 spiro atoms. The number of nitrogens with one attached hydrogen (secondary N) is 2. The Bertz CT molecular complexity index is 1070. The van der Waals surface area contributed by atoms with E-state index in [2.05, 4.69) is 27.4 Å². The van der Waals surface area contributed by atoms with Crippen LogP contribution in [0.25, 0.3) is 11.5 Å². The van der Waals surface area contributed by atoms with Crippen LogP contribution in [0.15, 0.2) is 47.2 Å². The van der Waals surface area contributed by atoms with E-state index in [4.69, 9.17) is 4.42 Å². The number of fused-ring (bicyclic) bond motifs is 1. The molecule has 3 aromatic rings. The van der Waals surface area contributed by atoms with E-state index in [0.717, 1.165) is 55.5 Å². The van der Waals surface area contributed by atoms with Crippen molar-refractivity contribution < 1.29 is 18.0 Å². The van der Waals surface area contributed by atoms with Crippen molar-refractivity contribution in [2.75, 3.05) is 36.4 Å². The number of carbonyl (C=O) groups excluding carboxylic acids is 1. The summed E-state index contributed by atoms with van der Waals surface area (Å²) in [5.74, 6) is -1.08. The van der Waals surface area contributed by atoms with Crippen molar-refractivity contribution in [3.63, 3.8) is 0 Å². The van der Waals surface area contributed by atoms with Gasteiger partial charge >= 0.3 is 0 Å². The number of amides is 1. The fraction of sp³-hybridized carbons (Fsp3) is 0.333. The lowest BCUT2D eigenvalue weighted by atomic mass is 10.0. The van der Waals surface area contributed by atoms with Gasteiger partial charge in [0, 0.05) is 37.8 Å². The average Bonchev–Trinajstić information content (AvgIpc) is 3.31. The van der Waals surface area contributed by atoms with Crippen LogP contribution in [0.2, 0.25) is 0 Å². The summed E-state index contributed by atoms with van der Waals surface area (Å²) in [5, 5.41) is 6.27. The van der Waals surface area contributed by atoms with Gasteiger partial charge in [0.2, 0.25) is 5.89 Å². The van der Waals surface area contributed by atoms with Gasteiger partial charge in [-0.05, 0) is 42.7 Å². The van der Waals surface area contributed by atoms with E-state index in [-0.39, 0.29) is 12.5 Å². The number of unbranched alkanes of at least 4 members (excludes halogenated alkanes) is 1. The molecule has 1 aliphatic rings. The highest BCUT2D eigenvalue weighted by atomic mass is 19.1. The first-order valence-electron chi connectivity index (χ1n) is 10.8. The number of hydrogen-bond donors (Lipinski definition) is 2. The maximum atomic E-state index is 13.4. The van der Waals surface area contributed by atoms with Gasteiger partial charge in [-0.25, -0.2) is 13.8 Å². The second-order valence-electron chi connectivity index (χ2n) is 7.81. The third-order valence-electron chi connectivity index (χ3n) is 5.47. The predicted octanol–water partition coefficient (Wildman–Crippen LogP) is 4.62. The standard InChI is InChI=1S/C24H26F2N4O2/c1-2-3-8-30-9-6-27-22-20(24-29-7-10-32-24)13-17(14-21(22)30)23(31)28-5-4-16-11-18(25)15-19(26)12-16/h7,10-15,27H,2-6,8-9H2,1H3,(H,28,31). The van der Waals surface area contributed by atoms with Gasteiger partial charge in [0.25, 0.3) is 5.91 Å². The number of anilines is 2. The normalized spacial score (nSPS) is 12.9. The third kappa shape index (κ3) is 4.90. The van der Waals surface area contributed by atoms with Crippen molar-refractivity contribution >= 4 is 17.3 Å². The lowest BCUT2D eigenvalue weighted by Crippen LogP contribution is -2.35. The highest BCUT2D eigenvalue weighted by Crippen LogP contribution is 2.39. The number of hydrogen-bond acceptors (Lipinski definition) is 5. The summed E-state index contributed by atoms with van der Waals surface area (Å²) in [4.78, 5) is 19.5. The quantitative estimate of drug-likeness (QED) is 0.535. The minimum absolute atomic E-state index is 0.255. The monoisotopic (exact) mass is 440 g/mol. The van der Waals surface area contributed by atoms with Gasteiger partial charge in [-0.2, -0.15) is 0 Å². The van der Waals surface area contributed by atoms with Gasteiger partial charge in [0.05, 0.1) is 23.1 Å². The smallest absolute Gasteiger partial charge is 0.251 e. The topological polar surface area (TPSA) is 70.4 Å². The number of aromatic nitrogens is 1. The first kappa shape index (κ1) is 21.8. The fourth-order valence-electron chi connectivity index (χ4n) is 3.91. The van der Waals surface area contributed by atoms with Crippen LogP contribution >= 0.6 is 0 Å². The Morgan fingerprint density at radius 1 is 1.22 bits per heavy atom. The van der Waals surface area contributed by atoms with Crippen LogP contribution in [0.3, 0.4) is 0 Å². The summed E-state index contributed by atoms with van der Waals surface area (Å²) in [6.07, 6.45) is 5.53. The highest BCUT2D eigenvalue weighted by Gasteiger charge is 2.24. The second-order valence-corrected chi connectivity index (χ2v) is 7.81. The molecule has 0 saturated heterocycles. The zero-order valence-electron chi connectivity index (χ0n) is 18.0. The van der Waals surface area contributed by atoms with E-state index in [1.165, 1.54) is 18.4 Å². The Hall–Kier alpha value is -3.42. The largest absolute Gasteiger partial charge is 0.444 e. The van der Waals surface area contributed by atoms with Crippen LogP contribution in [-0.4, -0.2) is 37.1 Å². The van der Waals surface area contributed by atoms with Crippen LogP contribution in [0.4, 0.5) is 20.2 Å². The van der Waals surface area contributed by atoms with Crippen molar-refractivity contribution in [2.45, 2.75) is 26.2 Å². The summed E-state index contributed by atoms with van der Waals surface area (Å²) in [6, 6.07) is 7.01. The molecule has 0 saturated carbocycles. The summed E-state index contributed by atoms with van der Waals surface area (Å²) in [7, 11) is 0. The Morgan fingerprint density at radius 2 is 2.03 bits per heavy atom. The van der Waals surface area contributed by atoms with Crippen LogP contribution in [0.5, 0.6) is 0 Å². The maximum absolute atomic E-state index is 13.4. The van der Waals surface area contributed by atoms with E-state index in [1.54, 1.807) is 12.3 Å². The molecule has 0 fully saturated rings. The molecule has 4 rings (SSSR count). The molecular weight excluding hydrogens is 414 g/mol. The minimum Gasteiger partial charge on any atom is -0.444 e. The van der Waals surface area contributed by atoms with E-state index in [0.29, 0.717) is 23.4 Å². The van der Waals surface area contributed by atoms with E-state index in [1.807, 2.05) is 6.07 Å². The number of halogens is 2. The van der Waals surface area contributed by atoms with Crippen LogP contribution < -0.4 is 15.5 Å². The molecule has 0 atom stereocenters. The summed E-state index contributed by atoms with van der Waals surface area (Å²) >= 11 is 0. The molecule has 8 heteroatoms. The van der Waals surface area contributed by atoms with Crippen molar-refractivity contribution in [3.8, 4) is 11.5 Å². The third-order valence-corrected chi connectivity index (χ3v) is 5.47. The van der Waals surface area contributed by atoms with E-state index < -0.39 is 11.6 Å². The van der Waals surface area contributed by atoms with Gasteiger partial charge in [-0.1, -0.05) is 13.3 Å². The number of benzene rings is 2. The molecule has 0 aliphatic carbocycles. The number of nitrogens with zero attached hydrogens (tertiary/aromatic N) is 2. The molecule has 2 N–H and O–H groups in total. The summed E-state index contributed by atoms with van der Waals surface area (Å²) < 4.78 is 32.3. The average molecular weight is 440 g/mol. The predicted molar refractivity (Wildman–Crippen MR) is 120 cm³/mol. The van der Waals surface area contributed by atoms with Crippen molar-refractivity contribution in [1.29, 1.82) is 0 Å². The van der Waals surface area contributed by atoms with Gasteiger partial charge in [-0.3, -0.25) is 4.79 Å². The van der Waals surface area contributed by atoms with Crippen LogP contribution in [0, 0.1) is 11.6 Å². The maximum Gasteiger partial charge on any atom is 0.251 e. The fourth-order valence-corrected chi connectivity index (χ4v) is 3.91. The molecule has 2 heterocycles. The van der Waals surface area contributed by atoms with Crippen molar-refractivity contribution in [2.24, 2.45) is 0 Å². The van der Waals surface area contributed by atoms with Crippen LogP contribution in [0.1, 0.15) is 35.7 Å². The molecule has 0 bridgehead atoms. The van der Waals surface area contributed by atoms with Crippen LogP contribution in [-0.2, 0) is 6.42 Å². The van der Waals surface area contributed by atoms with E-state index >= 15 is 0 Å². The van der Waals surface area contributed by atoms with Gasteiger partial charge in [-0.15, -0.1) is 0 Å². The highest BCUT2D eigenvalue weighted by molar-refractivity contribution is 6.00. The Morgan fingerprint density at radius 3 is 2.75 bits per heavy atom. The molecule has 0 radical (unpaired) electrons. The molecule has 32 heavy (non-hydrogen) atoms. The lowest BCUT2D eigenvalue weighted by molar-refractivity contribution is 0.0954. The molecule has 168 valence electrons. The van der Waals surface area contributed by atoms with Crippen molar-refractivity contribution in [3.05, 3.63) is 65.6 Å². The molecule has 2 aromatic carbocycles. The molecule has 1 aliphatic heterocycles. The molecule has 0 unspecified atom stereocenters.